The van der Waals surface area contributed by atoms with E-state index in [4.69, 9.17) is 0 Å². The molecule has 1 aromatic carbocycles. The van der Waals surface area contributed by atoms with E-state index >= 15 is 0 Å². The minimum Gasteiger partial charge on any atom is -0.335 e. The Kier molecular flexibility index (Phi) is 2.90. The van der Waals surface area contributed by atoms with Gasteiger partial charge in [0.05, 0.1) is 6.54 Å². The van der Waals surface area contributed by atoms with Crippen molar-refractivity contribution in [2.24, 2.45) is 5.92 Å². The van der Waals surface area contributed by atoms with Gasteiger partial charge in [0, 0.05) is 18.0 Å². The summed E-state index contributed by atoms with van der Waals surface area (Å²) in [6.07, 6.45) is -0.954. The van der Waals surface area contributed by atoms with Crippen LogP contribution in [0.5, 0.6) is 0 Å². The molecule has 2 nitrogen and oxygen atoms in total. The van der Waals surface area contributed by atoms with Gasteiger partial charge in [-0.1, -0.05) is 6.92 Å². The molecular weight excluding hydrogens is 212 g/mol. The fourth-order valence-corrected chi connectivity index (χ4v) is 1.87. The molecule has 1 heterocycles. The highest BCUT2D eigenvalue weighted by Gasteiger charge is 2.32. The maximum Gasteiger partial charge on any atom is 0.253 e. The SMILES string of the molecule is CC1CN(C(=O)c2ccc(F)cc2)C[C@@H]1F. The number of amides is 1. The van der Waals surface area contributed by atoms with Crippen LogP contribution in [0, 0.1) is 11.7 Å². The first-order chi connectivity index (χ1) is 7.58. The molecule has 1 aliphatic heterocycles. The predicted octanol–water partition coefficient (Wildman–Crippen LogP) is 2.26. The molecule has 0 aliphatic carbocycles. The Bertz CT molecular complexity index is 381. The van der Waals surface area contributed by atoms with Crippen LogP contribution in [-0.4, -0.2) is 30.1 Å². The molecule has 0 N–H and O–H groups in total. The summed E-state index contributed by atoms with van der Waals surface area (Å²) < 4.78 is 25.9. The van der Waals surface area contributed by atoms with Crippen molar-refractivity contribution in [1.29, 1.82) is 0 Å². The van der Waals surface area contributed by atoms with E-state index in [2.05, 4.69) is 0 Å². The molecule has 0 radical (unpaired) electrons. The number of benzene rings is 1. The zero-order chi connectivity index (χ0) is 11.7. The van der Waals surface area contributed by atoms with Gasteiger partial charge >= 0.3 is 0 Å². The molecule has 4 heteroatoms. The third-order valence-corrected chi connectivity index (χ3v) is 2.90. The number of hydrogen-bond acceptors (Lipinski definition) is 1. The maximum absolute atomic E-state index is 13.3. The summed E-state index contributed by atoms with van der Waals surface area (Å²) in [4.78, 5) is 13.4. The Balaban J connectivity index is 2.11. The van der Waals surface area contributed by atoms with E-state index in [0.717, 1.165) is 0 Å². The molecule has 1 unspecified atom stereocenters. The lowest BCUT2D eigenvalue weighted by atomic mass is 10.1. The average molecular weight is 225 g/mol. The minimum absolute atomic E-state index is 0.121. The van der Waals surface area contributed by atoms with Gasteiger partial charge in [-0.15, -0.1) is 0 Å². The molecule has 16 heavy (non-hydrogen) atoms. The van der Waals surface area contributed by atoms with Gasteiger partial charge in [0.2, 0.25) is 0 Å². The lowest BCUT2D eigenvalue weighted by molar-refractivity contribution is 0.0781. The summed E-state index contributed by atoms with van der Waals surface area (Å²) in [5.41, 5.74) is 0.405. The molecule has 0 aromatic heterocycles. The number of likely N-dealkylation sites (tertiary alicyclic amines) is 1. The summed E-state index contributed by atoms with van der Waals surface area (Å²) in [7, 11) is 0. The largest absolute Gasteiger partial charge is 0.335 e. The summed E-state index contributed by atoms with van der Waals surface area (Å²) in [5, 5.41) is 0. The number of hydrogen-bond donors (Lipinski definition) is 0. The highest BCUT2D eigenvalue weighted by atomic mass is 19.1. The van der Waals surface area contributed by atoms with Crippen molar-refractivity contribution >= 4 is 5.91 Å². The lowest BCUT2D eigenvalue weighted by Crippen LogP contribution is -2.29. The van der Waals surface area contributed by atoms with Crippen molar-refractivity contribution in [3.63, 3.8) is 0 Å². The van der Waals surface area contributed by atoms with Crippen molar-refractivity contribution in [1.82, 2.24) is 4.90 Å². The third kappa shape index (κ3) is 2.05. The smallest absolute Gasteiger partial charge is 0.253 e. The van der Waals surface area contributed by atoms with Crippen LogP contribution in [-0.2, 0) is 0 Å². The standard InChI is InChI=1S/C12H13F2NO/c1-8-6-15(7-11(8)14)12(16)9-2-4-10(13)5-3-9/h2-5,8,11H,6-7H2,1H3/t8?,11-/m0/s1. The first-order valence-electron chi connectivity index (χ1n) is 5.27. The molecule has 0 bridgehead atoms. The predicted molar refractivity (Wildman–Crippen MR) is 56.4 cm³/mol. The second-order valence-corrected chi connectivity index (χ2v) is 4.21. The molecule has 2 rings (SSSR count). The van der Waals surface area contributed by atoms with Crippen molar-refractivity contribution in [3.8, 4) is 0 Å². The van der Waals surface area contributed by atoms with Gasteiger partial charge in [0.25, 0.3) is 5.91 Å². The van der Waals surface area contributed by atoms with Gasteiger partial charge < -0.3 is 4.90 Å². The molecule has 0 saturated carbocycles. The zero-order valence-electron chi connectivity index (χ0n) is 8.99. The molecule has 1 aliphatic rings. The van der Waals surface area contributed by atoms with Gasteiger partial charge in [0.15, 0.2) is 0 Å². The van der Waals surface area contributed by atoms with Crippen LogP contribution in [0.1, 0.15) is 17.3 Å². The third-order valence-electron chi connectivity index (χ3n) is 2.90. The van der Waals surface area contributed by atoms with Crippen LogP contribution in [0.15, 0.2) is 24.3 Å². The molecule has 1 saturated heterocycles. The van der Waals surface area contributed by atoms with Gasteiger partial charge in [-0.3, -0.25) is 4.79 Å². The Labute approximate surface area is 92.9 Å². The van der Waals surface area contributed by atoms with Gasteiger partial charge in [0.1, 0.15) is 12.0 Å². The maximum atomic E-state index is 13.3. The fraction of sp³-hybridized carbons (Fsp3) is 0.417. The van der Waals surface area contributed by atoms with E-state index in [0.29, 0.717) is 12.1 Å². The van der Waals surface area contributed by atoms with Crippen molar-refractivity contribution in [3.05, 3.63) is 35.6 Å². The van der Waals surface area contributed by atoms with Crippen molar-refractivity contribution in [2.45, 2.75) is 13.1 Å². The molecule has 86 valence electrons. The van der Waals surface area contributed by atoms with E-state index in [1.807, 2.05) is 0 Å². The Morgan fingerprint density at radius 2 is 1.94 bits per heavy atom. The minimum atomic E-state index is -0.954. The topological polar surface area (TPSA) is 20.3 Å². The summed E-state index contributed by atoms with van der Waals surface area (Å²) in [6.45, 7) is 2.34. The normalized spacial score (nSPS) is 24.8. The Hall–Kier alpha value is -1.45. The van der Waals surface area contributed by atoms with E-state index in [9.17, 15) is 13.6 Å². The molecule has 0 spiro atoms. The fourth-order valence-electron chi connectivity index (χ4n) is 1.87. The summed E-state index contributed by atoms with van der Waals surface area (Å²) >= 11 is 0. The highest BCUT2D eigenvalue weighted by Crippen LogP contribution is 2.21. The number of carbonyl (C=O) groups excluding carboxylic acids is 1. The number of rotatable bonds is 1. The van der Waals surface area contributed by atoms with Crippen LogP contribution in [0.3, 0.4) is 0 Å². The molecule has 1 aromatic rings. The quantitative estimate of drug-likeness (QED) is 0.718. The lowest BCUT2D eigenvalue weighted by Gasteiger charge is -2.15. The number of carbonyl (C=O) groups is 1. The number of halogens is 2. The van der Waals surface area contributed by atoms with E-state index in [1.54, 1.807) is 6.92 Å². The first-order valence-corrected chi connectivity index (χ1v) is 5.27. The van der Waals surface area contributed by atoms with Crippen LogP contribution < -0.4 is 0 Å². The first kappa shape index (κ1) is 11.0. The second kappa shape index (κ2) is 4.20. The average Bonchev–Trinajstić information content (AvgIpc) is 2.59. The van der Waals surface area contributed by atoms with Crippen LogP contribution >= 0.6 is 0 Å². The van der Waals surface area contributed by atoms with Crippen LogP contribution in [0.2, 0.25) is 0 Å². The number of alkyl halides is 1. The highest BCUT2D eigenvalue weighted by molar-refractivity contribution is 5.94. The zero-order valence-corrected chi connectivity index (χ0v) is 8.99. The van der Waals surface area contributed by atoms with Crippen LogP contribution in [0.25, 0.3) is 0 Å². The van der Waals surface area contributed by atoms with Gasteiger partial charge in [-0.2, -0.15) is 0 Å². The van der Waals surface area contributed by atoms with Gasteiger partial charge in [-0.25, -0.2) is 8.78 Å². The number of nitrogens with zero attached hydrogens (tertiary/aromatic N) is 1. The summed E-state index contributed by atoms with van der Waals surface area (Å²) in [5.74, 6) is -0.730. The van der Waals surface area contributed by atoms with E-state index in [-0.39, 0.29) is 24.2 Å². The Morgan fingerprint density at radius 1 is 1.31 bits per heavy atom. The molecule has 1 amide bonds. The summed E-state index contributed by atoms with van der Waals surface area (Å²) in [6, 6.07) is 5.32. The van der Waals surface area contributed by atoms with Crippen molar-refractivity contribution in [2.75, 3.05) is 13.1 Å². The molecule has 1 fully saturated rings. The van der Waals surface area contributed by atoms with Gasteiger partial charge in [-0.05, 0) is 24.3 Å². The van der Waals surface area contributed by atoms with E-state index in [1.165, 1.54) is 29.2 Å². The van der Waals surface area contributed by atoms with Crippen molar-refractivity contribution < 1.29 is 13.6 Å². The monoisotopic (exact) mass is 225 g/mol. The Morgan fingerprint density at radius 3 is 2.44 bits per heavy atom. The second-order valence-electron chi connectivity index (χ2n) is 4.21. The molecule has 2 atom stereocenters. The van der Waals surface area contributed by atoms with E-state index < -0.39 is 6.17 Å². The molecular formula is C12H13F2NO. The van der Waals surface area contributed by atoms with Crippen LogP contribution in [0.4, 0.5) is 8.78 Å².